The lowest BCUT2D eigenvalue weighted by Gasteiger charge is -2.13. The minimum Gasteiger partial charge on any atom is -0.208 e. The lowest BCUT2D eigenvalue weighted by molar-refractivity contribution is 1.07. The summed E-state index contributed by atoms with van der Waals surface area (Å²) in [6.45, 7) is 0. The topological polar surface area (TPSA) is 38.7 Å². The molecule has 0 aliphatic carbocycles. The van der Waals surface area contributed by atoms with Crippen molar-refractivity contribution >= 4 is 31.5 Å². The molecule has 0 radical (unpaired) electrons. The molecule has 0 unspecified atom stereocenters. The predicted molar refractivity (Wildman–Crippen MR) is 205 cm³/mol. The highest BCUT2D eigenvalue weighted by molar-refractivity contribution is 7.25. The summed E-state index contributed by atoms with van der Waals surface area (Å²) in [6, 6.07) is 61.5. The first-order valence-electron chi connectivity index (χ1n) is 16.4. The first kappa shape index (κ1) is 29.0. The SMILES string of the molecule is c1ccc(-c2cccc(-c3nc(-c4ccc(-c5cccc6sc7ccccc7c56)cc4)nc(-c4ccccc4-c4ccccc4)n3)c2)cc1. The van der Waals surface area contributed by atoms with Gasteiger partial charge in [-0.3, -0.25) is 0 Å². The Hall–Kier alpha value is -6.23. The second-order valence-electron chi connectivity index (χ2n) is 12.0. The Balaban J connectivity index is 1.19. The molecule has 0 saturated heterocycles. The van der Waals surface area contributed by atoms with E-state index in [1.54, 1.807) is 0 Å². The summed E-state index contributed by atoms with van der Waals surface area (Å²) in [5, 5.41) is 2.60. The van der Waals surface area contributed by atoms with Gasteiger partial charge in [0.2, 0.25) is 0 Å². The van der Waals surface area contributed by atoms with Crippen molar-refractivity contribution in [2.45, 2.75) is 0 Å². The maximum absolute atomic E-state index is 5.13. The highest BCUT2D eigenvalue weighted by atomic mass is 32.1. The van der Waals surface area contributed by atoms with Crippen molar-refractivity contribution < 1.29 is 0 Å². The van der Waals surface area contributed by atoms with Gasteiger partial charge in [-0.2, -0.15) is 0 Å². The minimum absolute atomic E-state index is 0.638. The smallest absolute Gasteiger partial charge is 0.164 e. The van der Waals surface area contributed by atoms with Crippen LogP contribution in [-0.4, -0.2) is 15.0 Å². The summed E-state index contributed by atoms with van der Waals surface area (Å²) in [5.41, 5.74) is 9.70. The fourth-order valence-corrected chi connectivity index (χ4v) is 7.72. The Morgan fingerprint density at radius 1 is 0.306 bits per heavy atom. The third-order valence-corrected chi connectivity index (χ3v) is 10.1. The third kappa shape index (κ3) is 5.48. The average Bonchev–Trinajstić information content (AvgIpc) is 3.58. The standard InChI is InChI=1S/C45H29N3S/c1-3-13-30(14-4-1)34-17-11-18-35(29-34)44-46-43(47-45(48-44)38-20-8-7-19-36(38)31-15-5-2-6-16-31)33-27-25-32(26-28-33)37-22-12-24-41-42(37)39-21-9-10-23-40(39)49-41/h1-29H. The van der Waals surface area contributed by atoms with Crippen LogP contribution >= 0.6 is 11.3 Å². The van der Waals surface area contributed by atoms with Crippen LogP contribution in [0.1, 0.15) is 0 Å². The molecule has 0 aliphatic heterocycles. The average molecular weight is 644 g/mol. The molecular weight excluding hydrogens is 615 g/mol. The van der Waals surface area contributed by atoms with Crippen molar-refractivity contribution in [2.75, 3.05) is 0 Å². The van der Waals surface area contributed by atoms with Crippen molar-refractivity contribution in [1.82, 2.24) is 15.0 Å². The van der Waals surface area contributed by atoms with Gasteiger partial charge in [-0.05, 0) is 51.6 Å². The van der Waals surface area contributed by atoms with Gasteiger partial charge in [-0.25, -0.2) is 15.0 Å². The van der Waals surface area contributed by atoms with Crippen LogP contribution in [0.2, 0.25) is 0 Å². The highest BCUT2D eigenvalue weighted by Gasteiger charge is 2.17. The molecule has 0 spiro atoms. The van der Waals surface area contributed by atoms with Gasteiger partial charge in [0.25, 0.3) is 0 Å². The molecule has 0 aliphatic rings. The van der Waals surface area contributed by atoms with Gasteiger partial charge < -0.3 is 0 Å². The molecular formula is C45H29N3S. The molecule has 9 rings (SSSR count). The molecule has 2 heterocycles. The summed E-state index contributed by atoms with van der Waals surface area (Å²) in [4.78, 5) is 15.4. The Morgan fingerprint density at radius 3 is 1.61 bits per heavy atom. The van der Waals surface area contributed by atoms with Crippen LogP contribution in [0.3, 0.4) is 0 Å². The van der Waals surface area contributed by atoms with Crippen LogP contribution in [0.5, 0.6) is 0 Å². The van der Waals surface area contributed by atoms with Crippen LogP contribution in [0.15, 0.2) is 176 Å². The van der Waals surface area contributed by atoms with E-state index in [1.807, 2.05) is 29.5 Å². The molecule has 0 N–H and O–H groups in total. The largest absolute Gasteiger partial charge is 0.208 e. The maximum Gasteiger partial charge on any atom is 0.164 e. The maximum atomic E-state index is 5.13. The zero-order chi connectivity index (χ0) is 32.6. The number of benzene rings is 7. The van der Waals surface area contributed by atoms with Crippen molar-refractivity contribution in [3.8, 4) is 67.5 Å². The number of aromatic nitrogens is 3. The molecule has 230 valence electrons. The summed E-state index contributed by atoms with van der Waals surface area (Å²) >= 11 is 1.84. The van der Waals surface area contributed by atoms with Crippen molar-refractivity contribution in [1.29, 1.82) is 0 Å². The lowest BCUT2D eigenvalue weighted by atomic mass is 9.98. The molecule has 0 bridgehead atoms. The van der Waals surface area contributed by atoms with E-state index in [2.05, 4.69) is 158 Å². The van der Waals surface area contributed by atoms with E-state index in [4.69, 9.17) is 15.0 Å². The first-order valence-corrected chi connectivity index (χ1v) is 17.2. The number of hydrogen-bond acceptors (Lipinski definition) is 4. The number of fused-ring (bicyclic) bond motifs is 3. The molecule has 0 fully saturated rings. The van der Waals surface area contributed by atoms with Crippen LogP contribution in [0.25, 0.3) is 87.7 Å². The van der Waals surface area contributed by atoms with Crippen LogP contribution in [0.4, 0.5) is 0 Å². The van der Waals surface area contributed by atoms with Gasteiger partial charge in [0, 0.05) is 36.9 Å². The predicted octanol–water partition coefficient (Wildman–Crippen LogP) is 12.2. The number of rotatable bonds is 6. The molecule has 7 aromatic carbocycles. The zero-order valence-electron chi connectivity index (χ0n) is 26.5. The van der Waals surface area contributed by atoms with Gasteiger partial charge in [0.1, 0.15) is 0 Å². The molecule has 2 aromatic heterocycles. The first-order chi connectivity index (χ1) is 24.3. The number of nitrogens with zero attached hydrogens (tertiary/aromatic N) is 3. The van der Waals surface area contributed by atoms with E-state index in [0.29, 0.717) is 17.5 Å². The number of thiophene rings is 1. The molecule has 3 nitrogen and oxygen atoms in total. The minimum atomic E-state index is 0.638. The van der Waals surface area contributed by atoms with Crippen molar-refractivity contribution in [3.63, 3.8) is 0 Å². The van der Waals surface area contributed by atoms with E-state index < -0.39 is 0 Å². The molecule has 49 heavy (non-hydrogen) atoms. The summed E-state index contributed by atoms with van der Waals surface area (Å²) in [7, 11) is 0. The van der Waals surface area contributed by atoms with Gasteiger partial charge >= 0.3 is 0 Å². The monoisotopic (exact) mass is 643 g/mol. The van der Waals surface area contributed by atoms with E-state index in [-0.39, 0.29) is 0 Å². The summed E-state index contributed by atoms with van der Waals surface area (Å²) < 4.78 is 2.60. The Kier molecular flexibility index (Phi) is 7.34. The highest BCUT2D eigenvalue weighted by Crippen LogP contribution is 2.40. The van der Waals surface area contributed by atoms with Gasteiger partial charge in [-0.1, -0.05) is 158 Å². The van der Waals surface area contributed by atoms with Gasteiger partial charge in [0.05, 0.1) is 0 Å². The Morgan fingerprint density at radius 2 is 0.816 bits per heavy atom. The third-order valence-electron chi connectivity index (χ3n) is 8.97. The fraction of sp³-hybridized carbons (Fsp3) is 0. The van der Waals surface area contributed by atoms with Crippen LogP contribution in [0, 0.1) is 0 Å². The molecule has 0 atom stereocenters. The van der Waals surface area contributed by atoms with E-state index in [1.165, 1.54) is 25.7 Å². The summed E-state index contributed by atoms with van der Waals surface area (Å²) in [6.07, 6.45) is 0. The van der Waals surface area contributed by atoms with Crippen molar-refractivity contribution in [3.05, 3.63) is 176 Å². The van der Waals surface area contributed by atoms with Crippen LogP contribution < -0.4 is 0 Å². The second kappa shape index (κ2) is 12.4. The van der Waals surface area contributed by atoms with E-state index >= 15 is 0 Å². The Bertz CT molecular complexity index is 2590. The number of hydrogen-bond donors (Lipinski definition) is 0. The molecule has 9 aromatic rings. The normalized spacial score (nSPS) is 11.3. The van der Waals surface area contributed by atoms with Crippen molar-refractivity contribution in [2.24, 2.45) is 0 Å². The zero-order valence-corrected chi connectivity index (χ0v) is 27.3. The molecule has 0 saturated carbocycles. The second-order valence-corrected chi connectivity index (χ2v) is 13.1. The molecule has 4 heteroatoms. The van der Waals surface area contributed by atoms with Gasteiger partial charge in [0.15, 0.2) is 17.5 Å². The van der Waals surface area contributed by atoms with Crippen LogP contribution in [-0.2, 0) is 0 Å². The van der Waals surface area contributed by atoms with E-state index in [9.17, 15) is 0 Å². The van der Waals surface area contributed by atoms with E-state index in [0.717, 1.165) is 44.5 Å². The lowest BCUT2D eigenvalue weighted by Crippen LogP contribution is -2.01. The quantitative estimate of drug-likeness (QED) is 0.181. The molecule has 0 amide bonds. The summed E-state index contributed by atoms with van der Waals surface area (Å²) in [5.74, 6) is 1.92. The van der Waals surface area contributed by atoms with Gasteiger partial charge in [-0.15, -0.1) is 11.3 Å². The Labute approximate surface area is 288 Å². The fourth-order valence-electron chi connectivity index (χ4n) is 6.58.